The van der Waals surface area contributed by atoms with Gasteiger partial charge >= 0.3 is 0 Å². The molecule has 0 unspecified atom stereocenters. The van der Waals surface area contributed by atoms with Crippen molar-refractivity contribution in [1.29, 1.82) is 0 Å². The van der Waals surface area contributed by atoms with E-state index in [4.69, 9.17) is 9.52 Å². The average Bonchev–Trinajstić information content (AvgIpc) is 2.83. The summed E-state index contributed by atoms with van der Waals surface area (Å²) in [6.07, 6.45) is 1.83. The van der Waals surface area contributed by atoms with E-state index in [1.54, 1.807) is 17.4 Å². The minimum absolute atomic E-state index is 0.0592. The van der Waals surface area contributed by atoms with Crippen LogP contribution >= 0.6 is 11.3 Å². The lowest BCUT2D eigenvalue weighted by atomic mass is 10.4. The molecule has 2 aromatic heterocycles. The molecule has 0 bridgehead atoms. The topological polar surface area (TPSA) is 58.3 Å². The second-order valence-corrected chi connectivity index (χ2v) is 4.39. The van der Waals surface area contributed by atoms with Crippen LogP contribution in [0.2, 0.25) is 0 Å². The van der Waals surface area contributed by atoms with Gasteiger partial charge in [0.05, 0.1) is 6.54 Å². The molecule has 0 aliphatic heterocycles. The number of nitrogens with one attached hydrogen (secondary N) is 1. The van der Waals surface area contributed by atoms with Crippen molar-refractivity contribution >= 4 is 16.5 Å². The molecule has 0 amide bonds. The summed E-state index contributed by atoms with van der Waals surface area (Å²) in [5, 5.41) is 12.9. The van der Waals surface area contributed by atoms with E-state index in [1.165, 1.54) is 4.88 Å². The third kappa shape index (κ3) is 2.57. The number of furan rings is 1. The molecule has 0 aromatic carbocycles. The minimum atomic E-state index is -0.0592. The number of aryl methyl sites for hydroxylation is 1. The number of anilines is 1. The van der Waals surface area contributed by atoms with Gasteiger partial charge in [-0.25, -0.2) is 4.98 Å². The molecule has 0 atom stereocenters. The van der Waals surface area contributed by atoms with Crippen molar-refractivity contribution in [3.63, 3.8) is 0 Å². The largest absolute Gasteiger partial charge is 0.462 e. The molecule has 5 heteroatoms. The predicted molar refractivity (Wildman–Crippen MR) is 58.8 cm³/mol. The number of hydrogen-bond acceptors (Lipinski definition) is 5. The fourth-order valence-corrected chi connectivity index (χ4v) is 1.86. The first-order valence-corrected chi connectivity index (χ1v) is 5.44. The molecule has 0 radical (unpaired) electrons. The molecule has 2 N–H and O–H groups in total. The van der Waals surface area contributed by atoms with Crippen molar-refractivity contribution in [2.75, 3.05) is 5.32 Å². The van der Waals surface area contributed by atoms with Gasteiger partial charge in [0.1, 0.15) is 18.1 Å². The van der Waals surface area contributed by atoms with Gasteiger partial charge < -0.3 is 14.8 Å². The number of aliphatic hydroxyl groups is 1. The third-order valence-electron chi connectivity index (χ3n) is 1.91. The molecule has 80 valence electrons. The Morgan fingerprint density at radius 2 is 2.27 bits per heavy atom. The monoisotopic (exact) mass is 224 g/mol. The SMILES string of the molecule is Cc1cnc(NCc2ccc(CO)o2)s1. The molecular weight excluding hydrogens is 212 g/mol. The Morgan fingerprint density at radius 3 is 2.87 bits per heavy atom. The summed E-state index contributed by atoms with van der Waals surface area (Å²) in [5.41, 5.74) is 0. The second-order valence-electron chi connectivity index (χ2n) is 3.16. The molecule has 4 nitrogen and oxygen atoms in total. The van der Waals surface area contributed by atoms with Crippen LogP contribution in [0, 0.1) is 6.92 Å². The van der Waals surface area contributed by atoms with Crippen LogP contribution in [0.1, 0.15) is 16.4 Å². The molecule has 0 aliphatic rings. The first-order valence-electron chi connectivity index (χ1n) is 4.62. The fraction of sp³-hybridized carbons (Fsp3) is 0.300. The summed E-state index contributed by atoms with van der Waals surface area (Å²) in [5.74, 6) is 1.38. The van der Waals surface area contributed by atoms with Crippen molar-refractivity contribution in [2.45, 2.75) is 20.1 Å². The average molecular weight is 224 g/mol. The quantitative estimate of drug-likeness (QED) is 0.835. The standard InChI is InChI=1S/C10H12N2O2S/c1-7-4-11-10(15-7)12-5-8-2-3-9(6-13)14-8/h2-4,13H,5-6H2,1H3,(H,11,12). The van der Waals surface area contributed by atoms with E-state index in [1.807, 2.05) is 19.2 Å². The zero-order valence-corrected chi connectivity index (χ0v) is 9.17. The first kappa shape index (κ1) is 10.2. The molecule has 0 saturated heterocycles. The van der Waals surface area contributed by atoms with Gasteiger partial charge in [-0.2, -0.15) is 0 Å². The van der Waals surface area contributed by atoms with Crippen molar-refractivity contribution < 1.29 is 9.52 Å². The molecule has 0 spiro atoms. The lowest BCUT2D eigenvalue weighted by Gasteiger charge is -1.98. The fourth-order valence-electron chi connectivity index (χ4n) is 1.20. The van der Waals surface area contributed by atoms with Gasteiger partial charge in [0.2, 0.25) is 0 Å². The predicted octanol–water partition coefficient (Wildman–Crippen LogP) is 2.15. The summed E-state index contributed by atoms with van der Waals surface area (Å²) in [6.45, 7) is 2.54. The molecule has 15 heavy (non-hydrogen) atoms. The Balaban J connectivity index is 1.93. The van der Waals surface area contributed by atoms with Crippen LogP contribution in [-0.4, -0.2) is 10.1 Å². The van der Waals surface area contributed by atoms with Crippen LogP contribution in [0.4, 0.5) is 5.13 Å². The van der Waals surface area contributed by atoms with Crippen LogP contribution in [0.3, 0.4) is 0 Å². The highest BCUT2D eigenvalue weighted by Gasteiger charge is 2.02. The number of thiazole rings is 1. The maximum Gasteiger partial charge on any atom is 0.183 e. The maximum absolute atomic E-state index is 8.82. The molecular formula is C10H12N2O2S. The van der Waals surface area contributed by atoms with Crippen LogP contribution < -0.4 is 5.32 Å². The van der Waals surface area contributed by atoms with E-state index >= 15 is 0 Å². The van der Waals surface area contributed by atoms with E-state index in [-0.39, 0.29) is 6.61 Å². The van der Waals surface area contributed by atoms with Crippen molar-refractivity contribution in [2.24, 2.45) is 0 Å². The van der Waals surface area contributed by atoms with E-state index in [9.17, 15) is 0 Å². The van der Waals surface area contributed by atoms with Crippen LogP contribution in [0.15, 0.2) is 22.7 Å². The number of nitrogens with zero attached hydrogens (tertiary/aromatic N) is 1. The highest BCUT2D eigenvalue weighted by Crippen LogP contribution is 2.18. The Bertz CT molecular complexity index is 436. The van der Waals surface area contributed by atoms with Crippen LogP contribution in [-0.2, 0) is 13.2 Å². The number of aliphatic hydroxyl groups excluding tert-OH is 1. The number of aromatic nitrogens is 1. The Kier molecular flexibility index (Phi) is 3.03. The Morgan fingerprint density at radius 1 is 1.47 bits per heavy atom. The van der Waals surface area contributed by atoms with Gasteiger partial charge in [-0.15, -0.1) is 11.3 Å². The second kappa shape index (κ2) is 4.46. The van der Waals surface area contributed by atoms with Gasteiger partial charge in [0.25, 0.3) is 0 Å². The minimum Gasteiger partial charge on any atom is -0.462 e. The van der Waals surface area contributed by atoms with Gasteiger partial charge in [0, 0.05) is 11.1 Å². The smallest absolute Gasteiger partial charge is 0.183 e. The first-order chi connectivity index (χ1) is 7.28. The van der Waals surface area contributed by atoms with Crippen molar-refractivity contribution in [1.82, 2.24) is 4.98 Å². The molecule has 0 aliphatic carbocycles. The summed E-state index contributed by atoms with van der Waals surface area (Å²) < 4.78 is 5.33. The maximum atomic E-state index is 8.82. The summed E-state index contributed by atoms with van der Waals surface area (Å²) in [6, 6.07) is 3.61. The highest BCUT2D eigenvalue weighted by atomic mass is 32.1. The van der Waals surface area contributed by atoms with E-state index in [0.29, 0.717) is 12.3 Å². The van der Waals surface area contributed by atoms with Crippen molar-refractivity contribution in [3.05, 3.63) is 34.7 Å². The molecule has 2 heterocycles. The third-order valence-corrected chi connectivity index (χ3v) is 2.78. The van der Waals surface area contributed by atoms with E-state index in [0.717, 1.165) is 10.9 Å². The Labute approximate surface area is 91.6 Å². The van der Waals surface area contributed by atoms with Crippen molar-refractivity contribution in [3.8, 4) is 0 Å². The Hall–Kier alpha value is -1.33. The van der Waals surface area contributed by atoms with Crippen LogP contribution in [0.25, 0.3) is 0 Å². The van der Waals surface area contributed by atoms with Gasteiger partial charge in [-0.1, -0.05) is 0 Å². The highest BCUT2D eigenvalue weighted by molar-refractivity contribution is 7.15. The zero-order chi connectivity index (χ0) is 10.7. The lowest BCUT2D eigenvalue weighted by Crippen LogP contribution is -1.96. The molecule has 0 fully saturated rings. The number of rotatable bonds is 4. The summed E-state index contributed by atoms with van der Waals surface area (Å²) >= 11 is 1.61. The molecule has 2 aromatic rings. The number of hydrogen-bond donors (Lipinski definition) is 2. The zero-order valence-electron chi connectivity index (χ0n) is 8.36. The van der Waals surface area contributed by atoms with Gasteiger partial charge in [0.15, 0.2) is 5.13 Å². The van der Waals surface area contributed by atoms with E-state index in [2.05, 4.69) is 10.3 Å². The van der Waals surface area contributed by atoms with E-state index < -0.39 is 0 Å². The lowest BCUT2D eigenvalue weighted by molar-refractivity contribution is 0.244. The summed E-state index contributed by atoms with van der Waals surface area (Å²) in [7, 11) is 0. The van der Waals surface area contributed by atoms with Gasteiger partial charge in [-0.3, -0.25) is 0 Å². The normalized spacial score (nSPS) is 10.5. The molecule has 2 rings (SSSR count). The molecule has 0 saturated carbocycles. The summed E-state index contributed by atoms with van der Waals surface area (Å²) in [4.78, 5) is 5.35. The van der Waals surface area contributed by atoms with Gasteiger partial charge in [-0.05, 0) is 19.1 Å². The van der Waals surface area contributed by atoms with Crippen LogP contribution in [0.5, 0.6) is 0 Å².